The fourth-order valence-electron chi connectivity index (χ4n) is 2.28. The zero-order chi connectivity index (χ0) is 18.2. The summed E-state index contributed by atoms with van der Waals surface area (Å²) >= 11 is 4.79. The van der Waals surface area contributed by atoms with Crippen LogP contribution in [0.1, 0.15) is 52.5 Å². The van der Waals surface area contributed by atoms with Gasteiger partial charge in [-0.15, -0.1) is 11.3 Å². The van der Waals surface area contributed by atoms with Gasteiger partial charge < -0.3 is 10.2 Å². The van der Waals surface area contributed by atoms with Crippen molar-refractivity contribution in [3.05, 3.63) is 50.4 Å². The van der Waals surface area contributed by atoms with Crippen LogP contribution in [0.4, 0.5) is 0 Å². The van der Waals surface area contributed by atoms with E-state index < -0.39 is 0 Å². The number of aromatic nitrogens is 1. The van der Waals surface area contributed by atoms with Gasteiger partial charge in [-0.25, -0.2) is 4.98 Å². The Morgan fingerprint density at radius 1 is 1.20 bits per heavy atom. The van der Waals surface area contributed by atoms with Gasteiger partial charge >= 0.3 is 0 Å². The van der Waals surface area contributed by atoms with Crippen molar-refractivity contribution in [3.63, 3.8) is 0 Å². The SMILES string of the molecule is CCCNC(=O)c1csc(CN(CCC)C(=O)c2ccc(Br)cc2)n1. The minimum Gasteiger partial charge on any atom is -0.351 e. The molecule has 0 aliphatic heterocycles. The maximum absolute atomic E-state index is 12.7. The summed E-state index contributed by atoms with van der Waals surface area (Å²) in [6.45, 7) is 5.73. The molecule has 0 fully saturated rings. The number of carbonyl (C=O) groups excluding carboxylic acids is 2. The third-order valence-electron chi connectivity index (χ3n) is 3.52. The predicted molar refractivity (Wildman–Crippen MR) is 104 cm³/mol. The van der Waals surface area contributed by atoms with Crippen LogP contribution in [-0.2, 0) is 6.54 Å². The van der Waals surface area contributed by atoms with E-state index in [2.05, 4.69) is 26.2 Å². The Morgan fingerprint density at radius 3 is 2.56 bits per heavy atom. The van der Waals surface area contributed by atoms with Crippen molar-refractivity contribution in [1.82, 2.24) is 15.2 Å². The van der Waals surface area contributed by atoms with Gasteiger partial charge in [-0.05, 0) is 37.1 Å². The molecule has 1 aromatic heterocycles. The number of hydrogen-bond donors (Lipinski definition) is 1. The van der Waals surface area contributed by atoms with E-state index in [-0.39, 0.29) is 11.8 Å². The smallest absolute Gasteiger partial charge is 0.270 e. The lowest BCUT2D eigenvalue weighted by Gasteiger charge is -2.21. The fraction of sp³-hybridized carbons (Fsp3) is 0.389. The summed E-state index contributed by atoms with van der Waals surface area (Å²) in [5.74, 6) is -0.188. The first-order valence-corrected chi connectivity index (χ1v) is 9.99. The summed E-state index contributed by atoms with van der Waals surface area (Å²) in [7, 11) is 0. The Kier molecular flexibility index (Phi) is 7.58. The standard InChI is InChI=1S/C18H22BrN3O2S/c1-3-9-20-17(23)15-12-25-16(21-15)11-22(10-4-2)18(24)13-5-7-14(19)8-6-13/h5-8,12H,3-4,9-11H2,1-2H3,(H,20,23). The number of carbonyl (C=O) groups is 2. The number of amides is 2. The van der Waals surface area contributed by atoms with Crippen molar-refractivity contribution in [2.45, 2.75) is 33.2 Å². The molecule has 1 aromatic carbocycles. The topological polar surface area (TPSA) is 62.3 Å². The summed E-state index contributed by atoms with van der Waals surface area (Å²) in [5, 5.41) is 5.32. The molecule has 134 valence electrons. The summed E-state index contributed by atoms with van der Waals surface area (Å²) in [6, 6.07) is 7.33. The molecule has 25 heavy (non-hydrogen) atoms. The summed E-state index contributed by atoms with van der Waals surface area (Å²) in [5.41, 5.74) is 1.06. The number of hydrogen-bond acceptors (Lipinski definition) is 4. The van der Waals surface area contributed by atoms with E-state index in [4.69, 9.17) is 0 Å². The second kappa shape index (κ2) is 9.68. The molecule has 0 spiro atoms. The zero-order valence-electron chi connectivity index (χ0n) is 14.4. The van der Waals surface area contributed by atoms with E-state index >= 15 is 0 Å². The van der Waals surface area contributed by atoms with Crippen molar-refractivity contribution in [2.24, 2.45) is 0 Å². The minimum absolute atomic E-state index is 0.0264. The van der Waals surface area contributed by atoms with Crippen LogP contribution < -0.4 is 5.32 Å². The monoisotopic (exact) mass is 423 g/mol. The molecule has 0 saturated carbocycles. The molecule has 1 heterocycles. The number of halogens is 1. The van der Waals surface area contributed by atoms with E-state index in [0.717, 1.165) is 22.3 Å². The Hall–Kier alpha value is -1.73. The van der Waals surface area contributed by atoms with Crippen LogP contribution in [0.5, 0.6) is 0 Å². The lowest BCUT2D eigenvalue weighted by atomic mass is 10.2. The maximum Gasteiger partial charge on any atom is 0.270 e. The number of benzene rings is 1. The van der Waals surface area contributed by atoms with Gasteiger partial charge in [-0.3, -0.25) is 9.59 Å². The quantitative estimate of drug-likeness (QED) is 0.694. The first-order valence-electron chi connectivity index (χ1n) is 8.32. The van der Waals surface area contributed by atoms with Crippen LogP contribution in [0.25, 0.3) is 0 Å². The maximum atomic E-state index is 12.7. The van der Waals surface area contributed by atoms with Gasteiger partial charge in [0.05, 0.1) is 6.54 Å². The van der Waals surface area contributed by atoms with Gasteiger partial charge in [0.1, 0.15) is 10.7 Å². The molecule has 0 aliphatic rings. The van der Waals surface area contributed by atoms with Gasteiger partial charge in [0, 0.05) is 28.5 Å². The van der Waals surface area contributed by atoms with Gasteiger partial charge in [-0.1, -0.05) is 29.8 Å². The first kappa shape index (κ1) is 19.6. The molecule has 0 atom stereocenters. The molecule has 0 bridgehead atoms. The Labute approximate surface area is 160 Å². The highest BCUT2D eigenvalue weighted by Crippen LogP contribution is 2.17. The van der Waals surface area contributed by atoms with Gasteiger partial charge in [0.25, 0.3) is 11.8 Å². The van der Waals surface area contributed by atoms with Gasteiger partial charge in [0.15, 0.2) is 0 Å². The molecule has 1 N–H and O–H groups in total. The average Bonchev–Trinajstić information content (AvgIpc) is 3.08. The summed E-state index contributed by atoms with van der Waals surface area (Å²) < 4.78 is 0.939. The largest absolute Gasteiger partial charge is 0.351 e. The Morgan fingerprint density at radius 2 is 1.92 bits per heavy atom. The molecule has 5 nitrogen and oxygen atoms in total. The molecule has 0 aliphatic carbocycles. The number of rotatable bonds is 8. The van der Waals surface area contributed by atoms with E-state index in [1.54, 1.807) is 22.4 Å². The average molecular weight is 424 g/mol. The number of nitrogens with zero attached hydrogens (tertiary/aromatic N) is 2. The van der Waals surface area contributed by atoms with E-state index in [1.807, 2.05) is 26.0 Å². The van der Waals surface area contributed by atoms with Crippen molar-refractivity contribution in [3.8, 4) is 0 Å². The molecule has 2 rings (SSSR count). The van der Waals surface area contributed by atoms with E-state index in [1.165, 1.54) is 11.3 Å². The van der Waals surface area contributed by atoms with Gasteiger partial charge in [-0.2, -0.15) is 0 Å². The van der Waals surface area contributed by atoms with Crippen LogP contribution in [0.15, 0.2) is 34.1 Å². The Bertz CT molecular complexity index is 715. The van der Waals surface area contributed by atoms with Crippen LogP contribution in [-0.4, -0.2) is 34.8 Å². The van der Waals surface area contributed by atoms with Crippen LogP contribution in [0.3, 0.4) is 0 Å². The summed E-state index contributed by atoms with van der Waals surface area (Å²) in [4.78, 5) is 30.9. The fourth-order valence-corrected chi connectivity index (χ4v) is 3.33. The molecular formula is C18H22BrN3O2S. The zero-order valence-corrected chi connectivity index (χ0v) is 16.8. The second-order valence-corrected chi connectivity index (χ2v) is 7.47. The first-order chi connectivity index (χ1) is 12.0. The van der Waals surface area contributed by atoms with Crippen molar-refractivity contribution in [2.75, 3.05) is 13.1 Å². The van der Waals surface area contributed by atoms with Crippen LogP contribution in [0, 0.1) is 0 Å². The van der Waals surface area contributed by atoms with Gasteiger partial charge in [0.2, 0.25) is 0 Å². The molecule has 2 aromatic rings. The lowest BCUT2D eigenvalue weighted by Crippen LogP contribution is -2.31. The molecule has 0 unspecified atom stereocenters. The molecule has 7 heteroatoms. The highest BCUT2D eigenvalue weighted by Gasteiger charge is 2.18. The molecule has 0 radical (unpaired) electrons. The third-order valence-corrected chi connectivity index (χ3v) is 4.88. The minimum atomic E-state index is -0.161. The summed E-state index contributed by atoms with van der Waals surface area (Å²) in [6.07, 6.45) is 1.74. The second-order valence-electron chi connectivity index (χ2n) is 5.62. The third kappa shape index (κ3) is 5.64. The number of thiazole rings is 1. The van der Waals surface area contributed by atoms with Crippen LogP contribution in [0.2, 0.25) is 0 Å². The highest BCUT2D eigenvalue weighted by molar-refractivity contribution is 9.10. The molecule has 0 saturated heterocycles. The normalized spacial score (nSPS) is 10.5. The molecular weight excluding hydrogens is 402 g/mol. The van der Waals surface area contributed by atoms with Crippen molar-refractivity contribution in [1.29, 1.82) is 0 Å². The van der Waals surface area contributed by atoms with Crippen LogP contribution >= 0.6 is 27.3 Å². The Balaban J connectivity index is 2.08. The predicted octanol–water partition coefficient (Wildman–Crippen LogP) is 4.10. The molecule has 2 amide bonds. The van der Waals surface area contributed by atoms with E-state index in [9.17, 15) is 9.59 Å². The van der Waals surface area contributed by atoms with Crippen molar-refractivity contribution < 1.29 is 9.59 Å². The van der Waals surface area contributed by atoms with Crippen molar-refractivity contribution >= 4 is 39.1 Å². The highest BCUT2D eigenvalue weighted by atomic mass is 79.9. The number of nitrogens with one attached hydrogen (secondary N) is 1. The van der Waals surface area contributed by atoms with E-state index in [0.29, 0.717) is 30.9 Å². The lowest BCUT2D eigenvalue weighted by molar-refractivity contribution is 0.0743.